The number of fused-ring (bicyclic) bond motifs is 1. The van der Waals surface area contributed by atoms with Crippen molar-refractivity contribution in [2.45, 2.75) is 5.37 Å². The molecule has 0 aliphatic carbocycles. The second kappa shape index (κ2) is 5.03. The molecule has 1 saturated heterocycles. The summed E-state index contributed by atoms with van der Waals surface area (Å²) in [4.78, 5) is 28.2. The predicted octanol–water partition coefficient (Wildman–Crippen LogP) is -0.0760. The van der Waals surface area contributed by atoms with E-state index in [1.54, 1.807) is 24.3 Å². The van der Waals surface area contributed by atoms with E-state index in [9.17, 15) is 23.1 Å². The van der Waals surface area contributed by atoms with E-state index in [2.05, 4.69) is 4.98 Å². The summed E-state index contributed by atoms with van der Waals surface area (Å²) in [6.45, 7) is 0. The topological polar surface area (TPSA) is 128 Å². The number of carboxylic acid groups (broad SMARTS) is 1. The molecule has 0 saturated carbocycles. The van der Waals surface area contributed by atoms with Gasteiger partial charge < -0.3 is 5.11 Å². The number of pyridine rings is 1. The van der Waals surface area contributed by atoms with Crippen LogP contribution in [-0.2, 0) is 19.4 Å². The molecular formula is C14H9N3O5S. The highest BCUT2D eigenvalue weighted by Gasteiger charge is 2.56. The molecule has 0 bridgehead atoms. The van der Waals surface area contributed by atoms with Crippen LogP contribution in [0.3, 0.4) is 0 Å². The third-order valence-electron chi connectivity index (χ3n) is 3.51. The molecule has 9 heteroatoms. The normalized spacial score (nSPS) is 24.0. The number of rotatable bonds is 2. The number of hydrogen-bond acceptors (Lipinski definition) is 6. The molecule has 2 aliphatic heterocycles. The van der Waals surface area contributed by atoms with Gasteiger partial charge in [-0.1, -0.05) is 6.07 Å². The first kappa shape index (κ1) is 14.9. The zero-order chi connectivity index (χ0) is 16.8. The van der Waals surface area contributed by atoms with Gasteiger partial charge in [-0.05, 0) is 18.2 Å². The SMILES string of the molecule is N#CC1=C(C(=O)O)N2C(=O)C(=Cc3ccccn3)[C@@H]2S(=O)(=O)C1. The fourth-order valence-corrected chi connectivity index (χ4v) is 4.40. The number of sulfone groups is 1. The van der Waals surface area contributed by atoms with Gasteiger partial charge in [-0.25, -0.2) is 13.2 Å². The zero-order valence-electron chi connectivity index (χ0n) is 11.5. The summed E-state index contributed by atoms with van der Waals surface area (Å²) in [5.74, 6) is -2.97. The highest BCUT2D eigenvalue weighted by atomic mass is 32.2. The van der Waals surface area contributed by atoms with E-state index < -0.39 is 44.1 Å². The van der Waals surface area contributed by atoms with E-state index in [0.29, 0.717) is 10.6 Å². The number of nitrogens with zero attached hydrogens (tertiary/aromatic N) is 3. The Kier molecular flexibility index (Phi) is 3.26. The molecule has 1 aromatic rings. The Balaban J connectivity index is 2.13. The maximum Gasteiger partial charge on any atom is 0.353 e. The van der Waals surface area contributed by atoms with Crippen molar-refractivity contribution in [1.29, 1.82) is 5.26 Å². The molecular weight excluding hydrogens is 322 g/mol. The van der Waals surface area contributed by atoms with Crippen LogP contribution in [0.2, 0.25) is 0 Å². The van der Waals surface area contributed by atoms with Gasteiger partial charge in [-0.3, -0.25) is 14.7 Å². The zero-order valence-corrected chi connectivity index (χ0v) is 12.3. The molecule has 3 rings (SSSR count). The molecule has 0 radical (unpaired) electrons. The van der Waals surface area contributed by atoms with Gasteiger partial charge in [0, 0.05) is 6.20 Å². The fraction of sp³-hybridized carbons (Fsp3) is 0.143. The maximum atomic E-state index is 12.3. The largest absolute Gasteiger partial charge is 0.477 e. The van der Waals surface area contributed by atoms with Gasteiger partial charge in [-0.2, -0.15) is 5.26 Å². The number of nitriles is 1. The Morgan fingerprint density at radius 3 is 2.78 bits per heavy atom. The van der Waals surface area contributed by atoms with Crippen LogP contribution in [0, 0.1) is 11.3 Å². The maximum absolute atomic E-state index is 12.3. The van der Waals surface area contributed by atoms with Crippen molar-refractivity contribution >= 4 is 27.8 Å². The molecule has 1 fully saturated rings. The van der Waals surface area contributed by atoms with Gasteiger partial charge in [0.25, 0.3) is 5.91 Å². The summed E-state index contributed by atoms with van der Waals surface area (Å²) in [7, 11) is -3.89. The lowest BCUT2D eigenvalue weighted by Gasteiger charge is -2.44. The van der Waals surface area contributed by atoms with Crippen LogP contribution >= 0.6 is 0 Å². The first-order chi connectivity index (χ1) is 10.9. The van der Waals surface area contributed by atoms with E-state index in [1.165, 1.54) is 12.3 Å². The minimum atomic E-state index is -3.89. The summed E-state index contributed by atoms with van der Waals surface area (Å²) in [5.41, 5.74) is -0.688. The molecule has 2 aliphatic rings. The number of carboxylic acids is 1. The quantitative estimate of drug-likeness (QED) is 0.593. The van der Waals surface area contributed by atoms with Crippen LogP contribution in [0.15, 0.2) is 41.2 Å². The van der Waals surface area contributed by atoms with Crippen molar-refractivity contribution < 1.29 is 23.1 Å². The minimum absolute atomic E-state index is 0.0561. The molecule has 0 spiro atoms. The smallest absolute Gasteiger partial charge is 0.353 e. The van der Waals surface area contributed by atoms with Gasteiger partial charge in [0.05, 0.1) is 28.7 Å². The molecule has 3 heterocycles. The number of aliphatic carboxylic acids is 1. The van der Waals surface area contributed by atoms with Crippen LogP contribution in [0.25, 0.3) is 6.08 Å². The molecule has 1 atom stereocenters. The Hall–Kier alpha value is -2.99. The van der Waals surface area contributed by atoms with Crippen LogP contribution < -0.4 is 0 Å². The van der Waals surface area contributed by atoms with Gasteiger partial charge in [-0.15, -0.1) is 0 Å². The molecule has 116 valence electrons. The Bertz CT molecular complexity index is 925. The Morgan fingerprint density at radius 2 is 2.22 bits per heavy atom. The second-order valence-corrected chi connectivity index (χ2v) is 6.99. The fourth-order valence-electron chi connectivity index (χ4n) is 2.56. The summed E-state index contributed by atoms with van der Waals surface area (Å²) >= 11 is 0. The molecule has 1 N–H and O–H groups in total. The van der Waals surface area contributed by atoms with Crippen molar-refractivity contribution in [3.63, 3.8) is 0 Å². The van der Waals surface area contributed by atoms with E-state index in [0.717, 1.165) is 0 Å². The number of carbonyl (C=O) groups excluding carboxylic acids is 1. The van der Waals surface area contributed by atoms with Gasteiger partial charge in [0.2, 0.25) is 0 Å². The monoisotopic (exact) mass is 331 g/mol. The molecule has 8 nitrogen and oxygen atoms in total. The molecule has 1 amide bonds. The van der Waals surface area contributed by atoms with E-state index >= 15 is 0 Å². The average Bonchev–Trinajstić information content (AvgIpc) is 2.51. The highest BCUT2D eigenvalue weighted by Crippen LogP contribution is 2.40. The van der Waals surface area contributed by atoms with E-state index in [-0.39, 0.29) is 5.57 Å². The van der Waals surface area contributed by atoms with E-state index in [1.807, 2.05) is 0 Å². The number of hydrogen-bond donors (Lipinski definition) is 1. The predicted molar refractivity (Wildman–Crippen MR) is 76.9 cm³/mol. The molecule has 0 unspecified atom stereocenters. The first-order valence-corrected chi connectivity index (χ1v) is 8.12. The lowest BCUT2D eigenvalue weighted by atomic mass is 10.0. The molecule has 23 heavy (non-hydrogen) atoms. The lowest BCUT2D eigenvalue weighted by molar-refractivity contribution is -0.141. The van der Waals surface area contributed by atoms with Crippen molar-refractivity contribution in [1.82, 2.24) is 9.88 Å². The van der Waals surface area contributed by atoms with Crippen molar-refractivity contribution in [3.8, 4) is 6.07 Å². The number of aromatic nitrogens is 1. The molecule has 0 aromatic carbocycles. The van der Waals surface area contributed by atoms with Crippen LogP contribution in [0.1, 0.15) is 5.69 Å². The summed E-state index contributed by atoms with van der Waals surface area (Å²) in [5, 5.41) is 16.8. The van der Waals surface area contributed by atoms with Crippen molar-refractivity contribution in [3.05, 3.63) is 46.9 Å². The van der Waals surface area contributed by atoms with Gasteiger partial charge >= 0.3 is 5.97 Å². The number of amides is 1. The number of β-lactam (4-membered cyclic amide) rings is 1. The minimum Gasteiger partial charge on any atom is -0.477 e. The van der Waals surface area contributed by atoms with E-state index in [4.69, 9.17) is 5.26 Å². The van der Waals surface area contributed by atoms with Crippen molar-refractivity contribution in [2.75, 3.05) is 5.75 Å². The Morgan fingerprint density at radius 1 is 1.48 bits per heavy atom. The van der Waals surface area contributed by atoms with Crippen molar-refractivity contribution in [2.24, 2.45) is 0 Å². The third-order valence-corrected chi connectivity index (χ3v) is 5.34. The lowest BCUT2D eigenvalue weighted by Crippen LogP contribution is -2.62. The average molecular weight is 331 g/mol. The summed E-state index contributed by atoms with van der Waals surface area (Å²) < 4.78 is 24.6. The van der Waals surface area contributed by atoms with Crippen LogP contribution in [0.5, 0.6) is 0 Å². The Labute approximate surface area is 130 Å². The first-order valence-electron chi connectivity index (χ1n) is 6.41. The summed E-state index contributed by atoms with van der Waals surface area (Å²) in [6.07, 6.45) is 2.80. The van der Waals surface area contributed by atoms with Gasteiger partial charge in [0.1, 0.15) is 5.70 Å². The molecule has 1 aromatic heterocycles. The number of carbonyl (C=O) groups is 2. The highest BCUT2D eigenvalue weighted by molar-refractivity contribution is 7.92. The standard InChI is InChI=1S/C14H9N3O5S/c15-6-8-7-23(21,22)13-10(5-9-3-1-2-4-16-9)12(18)17(13)11(8)14(19)20/h1-5,13H,7H2,(H,19,20)/t13-/m0/s1. The second-order valence-electron chi connectivity index (χ2n) is 4.93. The third kappa shape index (κ3) is 2.20. The van der Waals surface area contributed by atoms with Gasteiger partial charge in [0.15, 0.2) is 15.2 Å². The van der Waals surface area contributed by atoms with Crippen LogP contribution in [0.4, 0.5) is 0 Å². The summed E-state index contributed by atoms with van der Waals surface area (Å²) in [6, 6.07) is 6.48. The van der Waals surface area contributed by atoms with Crippen LogP contribution in [-0.4, -0.2) is 46.4 Å².